The van der Waals surface area contributed by atoms with Gasteiger partial charge in [0.1, 0.15) is 0 Å². The van der Waals surface area contributed by atoms with E-state index in [-0.39, 0.29) is 10.8 Å². The van der Waals surface area contributed by atoms with Gasteiger partial charge in [-0.3, -0.25) is 0 Å². The molecule has 0 saturated heterocycles. The van der Waals surface area contributed by atoms with Crippen LogP contribution in [0.3, 0.4) is 0 Å². The molecule has 62 heavy (non-hydrogen) atoms. The van der Waals surface area contributed by atoms with Crippen molar-refractivity contribution in [3.63, 3.8) is 0 Å². The van der Waals surface area contributed by atoms with Gasteiger partial charge in [-0.1, -0.05) is 196 Å². The molecule has 0 aromatic heterocycles. The molecule has 0 N–H and O–H groups in total. The van der Waals surface area contributed by atoms with Crippen molar-refractivity contribution in [2.24, 2.45) is 0 Å². The summed E-state index contributed by atoms with van der Waals surface area (Å²) in [5.74, 6) is 3.21. The van der Waals surface area contributed by atoms with Crippen molar-refractivity contribution in [3.8, 4) is 22.3 Å². The predicted molar refractivity (Wildman–Crippen MR) is 281 cm³/mol. The van der Waals surface area contributed by atoms with Crippen molar-refractivity contribution in [1.82, 2.24) is 0 Å². The van der Waals surface area contributed by atoms with Crippen LogP contribution in [0.2, 0.25) is 13.1 Å². The third-order valence-corrected chi connectivity index (χ3v) is 12.0. The maximum absolute atomic E-state index is 4.93. The van der Waals surface area contributed by atoms with Gasteiger partial charge in [-0.25, -0.2) is 0 Å². The summed E-state index contributed by atoms with van der Waals surface area (Å²) in [4.78, 5) is 0. The van der Waals surface area contributed by atoms with E-state index < -0.39 is 20.8 Å². The normalized spacial score (nSPS) is 11.9. The number of rotatable bonds is 8. The Morgan fingerprint density at radius 2 is 0.694 bits per heavy atom. The molecule has 0 heterocycles. The molecule has 0 spiro atoms. The van der Waals surface area contributed by atoms with Crippen LogP contribution in [0.25, 0.3) is 43.8 Å². The molecule has 0 aliphatic rings. The molecule has 0 unspecified atom stereocenters. The van der Waals surface area contributed by atoms with Crippen molar-refractivity contribution in [3.05, 3.63) is 129 Å². The van der Waals surface area contributed by atoms with E-state index in [4.69, 9.17) is 17.0 Å². The molecule has 0 atom stereocenters. The van der Waals surface area contributed by atoms with E-state index in [2.05, 4.69) is 223 Å². The molecule has 0 bridgehead atoms. The molecule has 4 heteroatoms. The number of benzene rings is 4. The van der Waals surface area contributed by atoms with Crippen LogP contribution < -0.4 is 0 Å². The second-order valence-electron chi connectivity index (χ2n) is 21.3. The average molecular weight is 967 g/mol. The van der Waals surface area contributed by atoms with Gasteiger partial charge in [0.25, 0.3) is 0 Å². The first kappa shape index (κ1) is 54.1. The van der Waals surface area contributed by atoms with Gasteiger partial charge < -0.3 is 0 Å². The van der Waals surface area contributed by atoms with Gasteiger partial charge in [0.05, 0.1) is 0 Å². The van der Waals surface area contributed by atoms with Crippen LogP contribution in [0.1, 0.15) is 205 Å². The van der Waals surface area contributed by atoms with E-state index in [0.717, 1.165) is 9.52 Å². The standard InChI is InChI=1S/2C28H37.C2H6Si.2ClH.Zr/c2*1-17(2)21-13-22(18(3)4)15-24(14-21)27-25-16-23(19(5)6)12-20(25)10-11-26(27)28(7,8)9;1-3-2;;;/h2*10-19H,1-9H3;1-2H3;2*1H;/q2*-1;;;;+4/p-2. The average Bonchev–Trinajstić information content (AvgIpc) is 3.82. The van der Waals surface area contributed by atoms with Crippen molar-refractivity contribution >= 4 is 48.1 Å². The van der Waals surface area contributed by atoms with Crippen LogP contribution in [-0.2, 0) is 31.7 Å². The van der Waals surface area contributed by atoms with Crippen LogP contribution in [0.4, 0.5) is 0 Å². The zero-order valence-corrected chi connectivity index (χ0v) is 47.3. The fourth-order valence-corrected chi connectivity index (χ4v) is 8.12. The zero-order valence-electron chi connectivity index (χ0n) is 42.3. The Morgan fingerprint density at radius 1 is 0.435 bits per heavy atom. The number of hydrogen-bond donors (Lipinski definition) is 0. The molecule has 0 nitrogen and oxygen atoms in total. The van der Waals surface area contributed by atoms with Crippen molar-refractivity contribution < 1.29 is 20.8 Å². The maximum atomic E-state index is 4.93. The van der Waals surface area contributed by atoms with E-state index in [1.807, 2.05) is 0 Å². The van der Waals surface area contributed by atoms with Gasteiger partial charge in [0.2, 0.25) is 0 Å². The fraction of sp³-hybridized carbons (Fsp3) is 0.483. The summed E-state index contributed by atoms with van der Waals surface area (Å²) in [6.07, 6.45) is 0. The Hall–Kier alpha value is -2.22. The Morgan fingerprint density at radius 3 is 0.903 bits per heavy atom. The molecule has 2 radical (unpaired) electrons. The van der Waals surface area contributed by atoms with Crippen LogP contribution in [-0.4, -0.2) is 9.52 Å². The monoisotopic (exact) mass is 964 g/mol. The summed E-state index contributed by atoms with van der Waals surface area (Å²) in [6.45, 7) is 45.8. The van der Waals surface area contributed by atoms with E-state index in [9.17, 15) is 0 Å². The fourth-order valence-electron chi connectivity index (χ4n) is 8.12. The van der Waals surface area contributed by atoms with Crippen molar-refractivity contribution in [1.29, 1.82) is 0 Å². The van der Waals surface area contributed by atoms with Crippen LogP contribution in [0.5, 0.6) is 0 Å². The third-order valence-electron chi connectivity index (χ3n) is 12.0. The van der Waals surface area contributed by atoms with E-state index in [1.165, 1.54) is 88.3 Å². The van der Waals surface area contributed by atoms with Gasteiger partial charge in [-0.2, -0.15) is 12.1 Å². The van der Waals surface area contributed by atoms with E-state index in [1.54, 1.807) is 0 Å². The Bertz CT molecular complexity index is 2110. The third kappa shape index (κ3) is 13.9. The van der Waals surface area contributed by atoms with Crippen LogP contribution in [0, 0.1) is 0 Å². The molecule has 0 amide bonds. The summed E-state index contributed by atoms with van der Waals surface area (Å²) in [5, 5.41) is 5.55. The summed E-state index contributed by atoms with van der Waals surface area (Å²) in [6, 6.07) is 33.5. The topological polar surface area (TPSA) is 0 Å². The van der Waals surface area contributed by atoms with Crippen molar-refractivity contribution in [2.75, 3.05) is 0 Å². The molecular formula is C58H80Cl2SiZr. The van der Waals surface area contributed by atoms with Gasteiger partial charge >= 0.3 is 37.9 Å². The first-order valence-corrected chi connectivity index (χ1v) is 31.5. The summed E-state index contributed by atoms with van der Waals surface area (Å²) >= 11 is -0.826. The SMILES string of the molecule is CC(C)c1cc(-c2c(C(C)(C)C)ccc3[cH-]c(C(C)C)cc23)cc(C(C)C)c1.CC(C)c1cc(-c2c(C(C)(C)C)ccc3[cH-]c(C(C)C)cc23)cc(C(C)C)c1.C[Si]C.[Cl][Zr+2][Cl]. The number of fused-ring (bicyclic) bond motifs is 2. The minimum absolute atomic E-state index is 0.102. The molecule has 334 valence electrons. The van der Waals surface area contributed by atoms with E-state index in [0.29, 0.717) is 35.5 Å². The van der Waals surface area contributed by atoms with Crippen LogP contribution >= 0.6 is 17.0 Å². The minimum atomic E-state index is -0.826. The molecule has 6 aromatic carbocycles. The Labute approximate surface area is 401 Å². The van der Waals surface area contributed by atoms with Gasteiger partial charge in [0.15, 0.2) is 0 Å². The molecule has 0 fully saturated rings. The number of hydrogen-bond acceptors (Lipinski definition) is 0. The molecule has 0 saturated carbocycles. The Kier molecular flexibility index (Phi) is 20.3. The quantitative estimate of drug-likeness (QED) is 0.105. The summed E-state index contributed by atoms with van der Waals surface area (Å²) < 4.78 is 0. The zero-order chi connectivity index (χ0) is 47.0. The second-order valence-corrected chi connectivity index (χ2v) is 26.1. The Balaban J connectivity index is 0.000000293. The van der Waals surface area contributed by atoms with Crippen molar-refractivity contribution in [2.45, 2.75) is 184 Å². The number of halogens is 2. The molecule has 6 rings (SSSR count). The molecular weight excluding hydrogens is 887 g/mol. The van der Waals surface area contributed by atoms with Gasteiger partial charge in [0, 0.05) is 9.52 Å². The molecule has 0 aliphatic heterocycles. The van der Waals surface area contributed by atoms with Gasteiger partial charge in [-0.05, 0) is 79.7 Å². The summed E-state index contributed by atoms with van der Waals surface area (Å²) in [5.41, 5.74) is 17.3. The van der Waals surface area contributed by atoms with Crippen LogP contribution in [0.15, 0.2) is 84.9 Å². The van der Waals surface area contributed by atoms with Gasteiger partial charge in [-0.15, -0.1) is 69.1 Å². The first-order valence-electron chi connectivity index (χ1n) is 23.1. The predicted octanol–water partition coefficient (Wildman–Crippen LogP) is 20.0. The summed E-state index contributed by atoms with van der Waals surface area (Å²) in [7, 11) is 11.0. The first-order chi connectivity index (χ1) is 28.8. The van der Waals surface area contributed by atoms with E-state index >= 15 is 0 Å². The second kappa shape index (κ2) is 23.3. The molecule has 0 aliphatic carbocycles. The molecule has 6 aromatic rings.